The van der Waals surface area contributed by atoms with Gasteiger partial charge in [0.05, 0.1) is 0 Å². The van der Waals surface area contributed by atoms with Crippen LogP contribution in [0.4, 0.5) is 0 Å². The van der Waals surface area contributed by atoms with Crippen LogP contribution >= 0.6 is 0 Å². The number of hydrogen-bond acceptors (Lipinski definition) is 2. The van der Waals surface area contributed by atoms with Crippen molar-refractivity contribution in [1.82, 2.24) is 0 Å². The van der Waals surface area contributed by atoms with Gasteiger partial charge in [-0.05, 0) is 44.4 Å². The van der Waals surface area contributed by atoms with Crippen molar-refractivity contribution in [2.75, 3.05) is 6.61 Å². The van der Waals surface area contributed by atoms with Crippen molar-refractivity contribution in [3.05, 3.63) is 12.2 Å². The molecule has 1 amide bonds. The molecule has 1 unspecified atom stereocenters. The van der Waals surface area contributed by atoms with Crippen LogP contribution in [0.15, 0.2) is 12.2 Å². The van der Waals surface area contributed by atoms with E-state index in [9.17, 15) is 4.79 Å². The van der Waals surface area contributed by atoms with Gasteiger partial charge in [-0.25, -0.2) is 0 Å². The normalized spacial score (nSPS) is 12.7. The van der Waals surface area contributed by atoms with Gasteiger partial charge in [-0.15, -0.1) is 0 Å². The summed E-state index contributed by atoms with van der Waals surface area (Å²) in [5.74, 6) is 0.569. The fourth-order valence-electron chi connectivity index (χ4n) is 3.40. The van der Waals surface area contributed by atoms with Crippen LogP contribution in [0.3, 0.4) is 0 Å². The predicted molar refractivity (Wildman–Crippen MR) is 108 cm³/mol. The summed E-state index contributed by atoms with van der Waals surface area (Å²) in [7, 11) is 0. The molecule has 0 saturated carbocycles. The van der Waals surface area contributed by atoms with Gasteiger partial charge in [0.15, 0.2) is 0 Å². The Morgan fingerprint density at radius 3 is 1.96 bits per heavy atom. The van der Waals surface area contributed by atoms with Gasteiger partial charge < -0.3 is 10.8 Å². The van der Waals surface area contributed by atoms with E-state index in [1.165, 1.54) is 77.0 Å². The molecule has 3 N–H and O–H groups in total. The van der Waals surface area contributed by atoms with E-state index in [2.05, 4.69) is 19.1 Å². The van der Waals surface area contributed by atoms with E-state index in [0.29, 0.717) is 13.0 Å². The van der Waals surface area contributed by atoms with Crippen LogP contribution in [0.2, 0.25) is 0 Å². The average molecular weight is 354 g/mol. The number of carbonyl (C=O) groups excluding carboxylic acids is 1. The number of aliphatic hydroxyl groups excluding tert-OH is 1. The number of aliphatic hydroxyl groups is 1. The number of carbonyl (C=O) groups is 1. The molecule has 0 aromatic carbocycles. The molecule has 148 valence electrons. The summed E-state index contributed by atoms with van der Waals surface area (Å²) < 4.78 is 0. The first kappa shape index (κ1) is 24.2. The van der Waals surface area contributed by atoms with Gasteiger partial charge >= 0.3 is 0 Å². The summed E-state index contributed by atoms with van der Waals surface area (Å²) in [4.78, 5) is 10.6. The van der Waals surface area contributed by atoms with Crippen LogP contribution in [0.5, 0.6) is 0 Å². The molecule has 0 aliphatic heterocycles. The van der Waals surface area contributed by atoms with E-state index < -0.39 is 0 Å². The molecule has 0 aliphatic carbocycles. The topological polar surface area (TPSA) is 63.3 Å². The summed E-state index contributed by atoms with van der Waals surface area (Å²) in [5, 5.41) is 9.07. The highest BCUT2D eigenvalue weighted by atomic mass is 16.3. The standard InChI is InChI=1S/C22H43NO2/c1-2-16-21(19-20-24)17-14-12-10-8-6-4-3-5-7-9-11-13-15-18-22(23)25/h3-4,21,24H,2,5-20H2,1H3,(H2,23,25)/b4-3-. The minimum absolute atomic E-state index is 0.172. The summed E-state index contributed by atoms with van der Waals surface area (Å²) in [6, 6.07) is 0. The third-order valence-electron chi connectivity index (χ3n) is 4.93. The zero-order chi connectivity index (χ0) is 18.6. The molecule has 0 radical (unpaired) electrons. The van der Waals surface area contributed by atoms with Gasteiger partial charge in [0.1, 0.15) is 0 Å². The number of allylic oxidation sites excluding steroid dienone is 2. The van der Waals surface area contributed by atoms with E-state index in [1.54, 1.807) is 0 Å². The van der Waals surface area contributed by atoms with Crippen LogP contribution < -0.4 is 5.73 Å². The summed E-state index contributed by atoms with van der Waals surface area (Å²) >= 11 is 0. The molecule has 0 rings (SSSR count). The Bertz CT molecular complexity index is 309. The van der Waals surface area contributed by atoms with E-state index >= 15 is 0 Å². The maximum Gasteiger partial charge on any atom is 0.217 e. The third-order valence-corrected chi connectivity index (χ3v) is 4.93. The van der Waals surface area contributed by atoms with E-state index in [1.807, 2.05) is 0 Å². The molecule has 3 nitrogen and oxygen atoms in total. The van der Waals surface area contributed by atoms with Crippen molar-refractivity contribution >= 4 is 5.91 Å². The Morgan fingerprint density at radius 1 is 0.840 bits per heavy atom. The lowest BCUT2D eigenvalue weighted by molar-refractivity contribution is -0.118. The highest BCUT2D eigenvalue weighted by Crippen LogP contribution is 2.19. The monoisotopic (exact) mass is 353 g/mol. The second-order valence-corrected chi connectivity index (χ2v) is 7.40. The van der Waals surface area contributed by atoms with Crippen LogP contribution in [0.25, 0.3) is 0 Å². The van der Waals surface area contributed by atoms with Crippen LogP contribution in [0, 0.1) is 5.92 Å². The molecular weight excluding hydrogens is 310 g/mol. The molecule has 0 aromatic heterocycles. The van der Waals surface area contributed by atoms with Crippen LogP contribution in [-0.2, 0) is 4.79 Å². The Balaban J connectivity index is 3.28. The highest BCUT2D eigenvalue weighted by Gasteiger charge is 2.06. The lowest BCUT2D eigenvalue weighted by Gasteiger charge is -2.14. The number of rotatable bonds is 19. The maximum absolute atomic E-state index is 10.6. The van der Waals surface area contributed by atoms with Crippen molar-refractivity contribution in [3.63, 3.8) is 0 Å². The fourth-order valence-corrected chi connectivity index (χ4v) is 3.40. The van der Waals surface area contributed by atoms with Gasteiger partial charge in [0.2, 0.25) is 5.91 Å². The van der Waals surface area contributed by atoms with Gasteiger partial charge in [0, 0.05) is 13.0 Å². The lowest BCUT2D eigenvalue weighted by Crippen LogP contribution is -2.09. The zero-order valence-electron chi connectivity index (χ0n) is 16.7. The van der Waals surface area contributed by atoms with Gasteiger partial charge in [0.25, 0.3) is 0 Å². The van der Waals surface area contributed by atoms with Crippen molar-refractivity contribution < 1.29 is 9.90 Å². The number of nitrogens with two attached hydrogens (primary N) is 1. The molecule has 0 bridgehead atoms. The molecule has 0 spiro atoms. The minimum atomic E-state index is -0.172. The van der Waals surface area contributed by atoms with Gasteiger partial charge in [-0.1, -0.05) is 76.9 Å². The molecule has 0 aromatic rings. The third kappa shape index (κ3) is 19.3. The average Bonchev–Trinajstić information content (AvgIpc) is 2.58. The second kappa shape index (κ2) is 19.5. The number of unbranched alkanes of at least 4 members (excludes halogenated alkanes) is 9. The Hall–Kier alpha value is -0.830. The van der Waals surface area contributed by atoms with E-state index in [-0.39, 0.29) is 5.91 Å². The quantitative estimate of drug-likeness (QED) is 0.224. The molecule has 1 atom stereocenters. The number of amides is 1. The Labute approximate surface area is 156 Å². The smallest absolute Gasteiger partial charge is 0.217 e. The summed E-state index contributed by atoms with van der Waals surface area (Å²) in [6.45, 7) is 2.59. The molecule has 25 heavy (non-hydrogen) atoms. The highest BCUT2D eigenvalue weighted by molar-refractivity contribution is 5.73. The molecule has 0 aliphatic rings. The SMILES string of the molecule is CCCC(CCO)CCCCCC/C=C\CCCCCCCC(N)=O. The Kier molecular flexibility index (Phi) is 18.8. The van der Waals surface area contributed by atoms with Crippen molar-refractivity contribution in [2.45, 2.75) is 110 Å². The second-order valence-electron chi connectivity index (χ2n) is 7.40. The molecule has 0 fully saturated rings. The first-order chi connectivity index (χ1) is 12.2. The Morgan fingerprint density at radius 2 is 1.40 bits per heavy atom. The number of primary amides is 1. The first-order valence-corrected chi connectivity index (χ1v) is 10.7. The molecular formula is C22H43NO2. The van der Waals surface area contributed by atoms with Crippen molar-refractivity contribution in [3.8, 4) is 0 Å². The van der Waals surface area contributed by atoms with Crippen molar-refractivity contribution in [1.29, 1.82) is 0 Å². The largest absolute Gasteiger partial charge is 0.396 e. The summed E-state index contributed by atoms with van der Waals surface area (Å²) in [5.41, 5.74) is 5.12. The van der Waals surface area contributed by atoms with E-state index in [4.69, 9.17) is 10.8 Å². The van der Waals surface area contributed by atoms with Crippen molar-refractivity contribution in [2.24, 2.45) is 11.7 Å². The molecule has 3 heteroatoms. The lowest BCUT2D eigenvalue weighted by atomic mass is 9.93. The maximum atomic E-state index is 10.6. The molecule has 0 saturated heterocycles. The van der Waals surface area contributed by atoms with Gasteiger partial charge in [-0.2, -0.15) is 0 Å². The molecule has 0 heterocycles. The van der Waals surface area contributed by atoms with Crippen LogP contribution in [-0.4, -0.2) is 17.6 Å². The van der Waals surface area contributed by atoms with Crippen LogP contribution in [0.1, 0.15) is 110 Å². The predicted octanol–water partition coefficient (Wildman–Crippen LogP) is 5.90. The fraction of sp³-hybridized carbons (Fsp3) is 0.864. The minimum Gasteiger partial charge on any atom is -0.396 e. The van der Waals surface area contributed by atoms with Gasteiger partial charge in [-0.3, -0.25) is 4.79 Å². The zero-order valence-corrected chi connectivity index (χ0v) is 16.7. The summed E-state index contributed by atoms with van der Waals surface area (Å²) in [6.07, 6.45) is 23.5. The van der Waals surface area contributed by atoms with E-state index in [0.717, 1.165) is 25.2 Å². The number of hydrogen-bond donors (Lipinski definition) is 2. The first-order valence-electron chi connectivity index (χ1n) is 10.7.